The van der Waals surface area contributed by atoms with E-state index in [1.807, 2.05) is 19.3 Å². The van der Waals surface area contributed by atoms with E-state index in [-0.39, 0.29) is 6.04 Å². The minimum Gasteiger partial charge on any atom is -0.448 e. The van der Waals surface area contributed by atoms with Crippen molar-refractivity contribution in [2.45, 2.75) is 12.5 Å². The molecule has 0 aliphatic rings. The summed E-state index contributed by atoms with van der Waals surface area (Å²) in [6.45, 7) is 0. The maximum atomic E-state index is 5.72. The highest BCUT2D eigenvalue weighted by molar-refractivity contribution is 6.28. The van der Waals surface area contributed by atoms with Crippen LogP contribution >= 0.6 is 11.6 Å². The second-order valence-electron chi connectivity index (χ2n) is 3.59. The molecule has 86 valence electrons. The van der Waals surface area contributed by atoms with Crippen molar-refractivity contribution in [2.75, 3.05) is 0 Å². The third-order valence-corrected chi connectivity index (χ3v) is 2.54. The van der Waals surface area contributed by atoms with E-state index in [1.54, 1.807) is 16.9 Å². The Morgan fingerprint density at radius 2 is 2.44 bits per heavy atom. The van der Waals surface area contributed by atoms with Crippen molar-refractivity contribution in [1.29, 1.82) is 0 Å². The minimum absolute atomic E-state index is 0.100. The molecule has 2 rings (SSSR count). The molecule has 0 aliphatic carbocycles. The van der Waals surface area contributed by atoms with E-state index in [9.17, 15) is 0 Å². The summed E-state index contributed by atoms with van der Waals surface area (Å²) in [4.78, 5) is 0. The lowest BCUT2D eigenvalue weighted by molar-refractivity contribution is 0.417. The zero-order chi connectivity index (χ0) is 11.5. The van der Waals surface area contributed by atoms with E-state index < -0.39 is 0 Å². The van der Waals surface area contributed by atoms with E-state index in [0.717, 1.165) is 11.3 Å². The van der Waals surface area contributed by atoms with Gasteiger partial charge in [-0.25, -0.2) is 5.43 Å². The highest BCUT2D eigenvalue weighted by Gasteiger charge is 2.15. The van der Waals surface area contributed by atoms with Crippen molar-refractivity contribution in [3.63, 3.8) is 0 Å². The minimum atomic E-state index is -0.100. The number of nitrogens with one attached hydrogen (secondary N) is 1. The lowest BCUT2D eigenvalue weighted by Crippen LogP contribution is -2.29. The second kappa shape index (κ2) is 4.69. The molecular weight excluding hydrogens is 228 g/mol. The van der Waals surface area contributed by atoms with Gasteiger partial charge in [0.05, 0.1) is 12.2 Å². The number of nitrogens with zero attached hydrogens (tertiary/aromatic N) is 2. The number of hydrogen-bond donors (Lipinski definition) is 2. The summed E-state index contributed by atoms with van der Waals surface area (Å²) >= 11 is 5.72. The zero-order valence-electron chi connectivity index (χ0n) is 8.85. The third kappa shape index (κ3) is 2.44. The molecule has 1 unspecified atom stereocenters. The molecule has 2 aromatic heterocycles. The summed E-state index contributed by atoms with van der Waals surface area (Å²) in [6, 6.07) is 3.41. The number of hydrazine groups is 1. The summed E-state index contributed by atoms with van der Waals surface area (Å²) < 4.78 is 7.06. The number of aryl methyl sites for hydroxylation is 1. The molecule has 6 heteroatoms. The molecule has 3 N–H and O–H groups in total. The molecule has 5 nitrogen and oxygen atoms in total. The normalized spacial score (nSPS) is 12.9. The fourth-order valence-corrected chi connectivity index (χ4v) is 1.72. The van der Waals surface area contributed by atoms with Crippen LogP contribution in [0.2, 0.25) is 5.22 Å². The van der Waals surface area contributed by atoms with Gasteiger partial charge in [-0.1, -0.05) is 0 Å². The highest BCUT2D eigenvalue weighted by atomic mass is 35.5. The number of halogens is 1. The quantitative estimate of drug-likeness (QED) is 0.626. The van der Waals surface area contributed by atoms with Crippen molar-refractivity contribution in [1.82, 2.24) is 15.2 Å². The first kappa shape index (κ1) is 11.2. The van der Waals surface area contributed by atoms with Crippen LogP contribution in [-0.2, 0) is 13.5 Å². The molecule has 16 heavy (non-hydrogen) atoms. The fourth-order valence-electron chi connectivity index (χ4n) is 1.57. The molecular formula is C10H13ClN4O. The average Bonchev–Trinajstić information content (AvgIpc) is 2.84. The lowest BCUT2D eigenvalue weighted by Gasteiger charge is -2.11. The highest BCUT2D eigenvalue weighted by Crippen LogP contribution is 2.22. The molecule has 0 spiro atoms. The Kier molecular flexibility index (Phi) is 3.28. The molecule has 0 aliphatic heterocycles. The van der Waals surface area contributed by atoms with Crippen molar-refractivity contribution in [3.8, 4) is 0 Å². The monoisotopic (exact) mass is 240 g/mol. The van der Waals surface area contributed by atoms with Crippen molar-refractivity contribution < 1.29 is 4.42 Å². The van der Waals surface area contributed by atoms with Crippen LogP contribution in [0.25, 0.3) is 0 Å². The summed E-state index contributed by atoms with van der Waals surface area (Å²) in [5, 5.41) is 4.46. The fraction of sp³-hybridized carbons (Fsp3) is 0.300. The van der Waals surface area contributed by atoms with E-state index in [2.05, 4.69) is 10.5 Å². The number of hydrogen-bond acceptors (Lipinski definition) is 4. The maximum absolute atomic E-state index is 5.72. The Labute approximate surface area is 98.1 Å². The predicted octanol–water partition coefficient (Wildman–Crippen LogP) is 1.41. The first-order valence-electron chi connectivity index (χ1n) is 4.88. The summed E-state index contributed by atoms with van der Waals surface area (Å²) in [7, 11) is 1.87. The van der Waals surface area contributed by atoms with Gasteiger partial charge in [-0.2, -0.15) is 5.10 Å². The molecule has 0 fully saturated rings. The van der Waals surface area contributed by atoms with Crippen LogP contribution in [0.15, 0.2) is 28.9 Å². The Morgan fingerprint density at radius 3 is 2.94 bits per heavy atom. The Morgan fingerprint density at radius 1 is 1.62 bits per heavy atom. The maximum Gasteiger partial charge on any atom is 0.193 e. The van der Waals surface area contributed by atoms with Crippen LogP contribution in [0.1, 0.15) is 17.4 Å². The molecule has 0 radical (unpaired) electrons. The lowest BCUT2D eigenvalue weighted by atomic mass is 10.1. The van der Waals surface area contributed by atoms with Gasteiger partial charge in [-0.3, -0.25) is 10.5 Å². The Hall–Kier alpha value is -1.30. The second-order valence-corrected chi connectivity index (χ2v) is 3.96. The number of furan rings is 1. The van der Waals surface area contributed by atoms with E-state index in [4.69, 9.17) is 21.9 Å². The average molecular weight is 241 g/mol. The van der Waals surface area contributed by atoms with Crippen molar-refractivity contribution in [3.05, 3.63) is 41.1 Å². The Balaban J connectivity index is 2.12. The van der Waals surface area contributed by atoms with E-state index in [1.165, 1.54) is 0 Å². The molecule has 1 atom stereocenters. The number of nitrogens with two attached hydrogens (primary N) is 1. The first-order chi connectivity index (χ1) is 7.69. The summed E-state index contributed by atoms with van der Waals surface area (Å²) in [5.74, 6) is 6.21. The number of aromatic nitrogens is 2. The van der Waals surface area contributed by atoms with Crippen LogP contribution in [-0.4, -0.2) is 9.78 Å². The summed E-state index contributed by atoms with van der Waals surface area (Å²) in [5.41, 5.74) is 3.78. The van der Waals surface area contributed by atoms with Gasteiger partial charge in [0.15, 0.2) is 5.22 Å². The van der Waals surface area contributed by atoms with Gasteiger partial charge < -0.3 is 4.42 Å². The smallest absolute Gasteiger partial charge is 0.193 e. The van der Waals surface area contributed by atoms with E-state index in [0.29, 0.717) is 11.6 Å². The van der Waals surface area contributed by atoms with Crippen LogP contribution in [0.3, 0.4) is 0 Å². The molecule has 0 saturated heterocycles. The van der Waals surface area contributed by atoms with Crippen LogP contribution in [0, 0.1) is 0 Å². The molecule has 0 amide bonds. The topological polar surface area (TPSA) is 69.0 Å². The molecule has 0 bridgehead atoms. The van der Waals surface area contributed by atoms with Crippen molar-refractivity contribution >= 4 is 11.6 Å². The molecule has 0 saturated carbocycles. The standard InChI is InChI=1S/C10H13ClN4O/c1-15-6-7(5-13-15)4-8(14-12)9-2-3-10(11)16-9/h2-3,5-6,8,14H,4,12H2,1H3. The van der Waals surface area contributed by atoms with Gasteiger partial charge in [0, 0.05) is 13.2 Å². The molecule has 2 heterocycles. The molecule has 0 aromatic carbocycles. The predicted molar refractivity (Wildman–Crippen MR) is 60.7 cm³/mol. The van der Waals surface area contributed by atoms with Gasteiger partial charge >= 0.3 is 0 Å². The van der Waals surface area contributed by atoms with Crippen LogP contribution < -0.4 is 11.3 Å². The molecule has 2 aromatic rings. The van der Waals surface area contributed by atoms with Crippen LogP contribution in [0.4, 0.5) is 0 Å². The third-order valence-electron chi connectivity index (χ3n) is 2.34. The zero-order valence-corrected chi connectivity index (χ0v) is 9.61. The largest absolute Gasteiger partial charge is 0.448 e. The van der Waals surface area contributed by atoms with Gasteiger partial charge in [0.2, 0.25) is 0 Å². The summed E-state index contributed by atoms with van der Waals surface area (Å²) in [6.07, 6.45) is 4.44. The van der Waals surface area contributed by atoms with Crippen LogP contribution in [0.5, 0.6) is 0 Å². The number of rotatable bonds is 4. The van der Waals surface area contributed by atoms with E-state index >= 15 is 0 Å². The van der Waals surface area contributed by atoms with Gasteiger partial charge in [-0.05, 0) is 35.7 Å². The van der Waals surface area contributed by atoms with Gasteiger partial charge in [0.25, 0.3) is 0 Å². The van der Waals surface area contributed by atoms with Gasteiger partial charge in [-0.15, -0.1) is 0 Å². The van der Waals surface area contributed by atoms with Crippen molar-refractivity contribution in [2.24, 2.45) is 12.9 Å². The van der Waals surface area contributed by atoms with Gasteiger partial charge in [0.1, 0.15) is 5.76 Å². The SMILES string of the molecule is Cn1cc(CC(NN)c2ccc(Cl)o2)cn1. The first-order valence-corrected chi connectivity index (χ1v) is 5.25. The Bertz CT molecular complexity index is 465.